The van der Waals surface area contributed by atoms with Crippen molar-refractivity contribution in [2.24, 2.45) is 0 Å². The van der Waals surface area contributed by atoms with Gasteiger partial charge in [0.1, 0.15) is 11.5 Å². The van der Waals surface area contributed by atoms with E-state index in [-0.39, 0.29) is 17.6 Å². The van der Waals surface area contributed by atoms with E-state index in [2.05, 4.69) is 15.6 Å². The minimum atomic E-state index is -0.574. The number of urea groups is 1. The summed E-state index contributed by atoms with van der Waals surface area (Å²) in [4.78, 5) is 29.1. The van der Waals surface area contributed by atoms with Crippen LogP contribution in [0.1, 0.15) is 48.4 Å². The van der Waals surface area contributed by atoms with Crippen molar-refractivity contribution in [1.82, 2.24) is 10.3 Å². The van der Waals surface area contributed by atoms with Crippen LogP contribution in [0.3, 0.4) is 0 Å². The number of rotatable bonds is 7. The molecule has 2 N–H and O–H groups in total. The molecule has 154 valence electrons. The van der Waals surface area contributed by atoms with Crippen LogP contribution in [-0.4, -0.2) is 23.5 Å². The third-order valence-corrected chi connectivity index (χ3v) is 4.65. The number of ether oxygens (including phenoxy) is 1. The lowest BCUT2D eigenvalue weighted by atomic mass is 10.2. The van der Waals surface area contributed by atoms with Crippen molar-refractivity contribution in [2.45, 2.75) is 32.1 Å². The molecule has 2 aromatic carbocycles. The number of oxazole rings is 1. The highest BCUT2D eigenvalue weighted by atomic mass is 16.5. The zero-order valence-electron chi connectivity index (χ0n) is 16.7. The molecule has 0 aliphatic heterocycles. The summed E-state index contributed by atoms with van der Waals surface area (Å²) in [7, 11) is 0. The summed E-state index contributed by atoms with van der Waals surface area (Å²) < 4.78 is 11.5. The molecule has 0 atom stereocenters. The summed E-state index contributed by atoms with van der Waals surface area (Å²) >= 11 is 0. The zero-order chi connectivity index (χ0) is 20.9. The first-order valence-electron chi connectivity index (χ1n) is 10.1. The molecule has 0 saturated heterocycles. The highest BCUT2D eigenvalue weighted by Crippen LogP contribution is 2.43. The Morgan fingerprint density at radius 1 is 1.13 bits per heavy atom. The first-order chi connectivity index (χ1) is 14.6. The fourth-order valence-corrected chi connectivity index (χ4v) is 3.01. The topological polar surface area (TPSA) is 93.5 Å². The number of esters is 1. The quantitative estimate of drug-likeness (QED) is 0.428. The van der Waals surface area contributed by atoms with E-state index >= 15 is 0 Å². The number of hydrogen-bond donors (Lipinski definition) is 2. The summed E-state index contributed by atoms with van der Waals surface area (Å²) in [6.07, 6.45) is 2.78. The van der Waals surface area contributed by atoms with Gasteiger partial charge in [0, 0.05) is 29.8 Å². The summed E-state index contributed by atoms with van der Waals surface area (Å²) in [5, 5.41) is 5.45. The minimum Gasteiger partial charge on any atom is -0.440 e. The molecule has 7 heteroatoms. The van der Waals surface area contributed by atoms with E-state index in [0.717, 1.165) is 24.8 Å². The third-order valence-electron chi connectivity index (χ3n) is 4.65. The van der Waals surface area contributed by atoms with E-state index < -0.39 is 5.97 Å². The molecule has 0 radical (unpaired) electrons. The van der Waals surface area contributed by atoms with Crippen molar-refractivity contribution in [1.29, 1.82) is 0 Å². The maximum absolute atomic E-state index is 12.8. The van der Waals surface area contributed by atoms with Crippen LogP contribution < -0.4 is 15.4 Å². The number of carbonyl (C=O) groups excluding carboxylic acids is 2. The summed E-state index contributed by atoms with van der Waals surface area (Å²) in [5.74, 6) is 0.932. The van der Waals surface area contributed by atoms with Gasteiger partial charge in [-0.3, -0.25) is 0 Å². The zero-order valence-corrected chi connectivity index (χ0v) is 16.7. The molecule has 3 aromatic rings. The fourth-order valence-electron chi connectivity index (χ4n) is 3.01. The van der Waals surface area contributed by atoms with Crippen molar-refractivity contribution in [2.75, 3.05) is 11.9 Å². The second-order valence-electron chi connectivity index (χ2n) is 7.17. The maximum Gasteiger partial charge on any atom is 0.366 e. The maximum atomic E-state index is 12.8. The van der Waals surface area contributed by atoms with Crippen LogP contribution >= 0.6 is 0 Å². The first kappa shape index (κ1) is 19.7. The molecule has 1 aliphatic carbocycles. The second-order valence-corrected chi connectivity index (χ2v) is 7.17. The van der Waals surface area contributed by atoms with E-state index in [0.29, 0.717) is 29.6 Å². The lowest BCUT2D eigenvalue weighted by Gasteiger charge is -2.08. The Balaban J connectivity index is 1.51. The van der Waals surface area contributed by atoms with Gasteiger partial charge in [0.25, 0.3) is 0 Å². The standard InChI is InChI=1S/C23H23N3O4/c1-2-13-24-23(28)25-17-9-6-10-18(14-17)29-22(27)19-20(15-11-12-15)30-21(26-19)16-7-4-3-5-8-16/h3-10,14-15H,2,11-13H2,1H3,(H2,24,25,28). The molecule has 4 rings (SSSR count). The van der Waals surface area contributed by atoms with Gasteiger partial charge in [-0.05, 0) is 43.5 Å². The van der Waals surface area contributed by atoms with Gasteiger partial charge in [-0.25, -0.2) is 14.6 Å². The number of hydrogen-bond acceptors (Lipinski definition) is 5. The second kappa shape index (κ2) is 8.82. The Morgan fingerprint density at radius 3 is 2.67 bits per heavy atom. The molecule has 0 bridgehead atoms. The highest BCUT2D eigenvalue weighted by Gasteiger charge is 2.35. The van der Waals surface area contributed by atoms with E-state index in [4.69, 9.17) is 9.15 Å². The van der Waals surface area contributed by atoms with Crippen LogP contribution in [0.2, 0.25) is 0 Å². The predicted molar refractivity (Wildman–Crippen MR) is 113 cm³/mol. The Morgan fingerprint density at radius 2 is 1.93 bits per heavy atom. The van der Waals surface area contributed by atoms with Crippen LogP contribution in [0.4, 0.5) is 10.5 Å². The van der Waals surface area contributed by atoms with Crippen LogP contribution in [-0.2, 0) is 0 Å². The minimum absolute atomic E-state index is 0.202. The van der Waals surface area contributed by atoms with Crippen LogP contribution in [0.15, 0.2) is 59.0 Å². The molecular weight excluding hydrogens is 382 g/mol. The van der Waals surface area contributed by atoms with E-state index in [1.165, 1.54) is 0 Å². The van der Waals surface area contributed by atoms with Crippen LogP contribution in [0.25, 0.3) is 11.5 Å². The molecule has 30 heavy (non-hydrogen) atoms. The summed E-state index contributed by atoms with van der Waals surface area (Å²) in [6, 6.07) is 15.8. The van der Waals surface area contributed by atoms with Gasteiger partial charge in [0.2, 0.25) is 5.89 Å². The van der Waals surface area contributed by atoms with Crippen molar-refractivity contribution in [3.05, 3.63) is 66.1 Å². The predicted octanol–water partition coefficient (Wildman–Crippen LogP) is 4.97. The molecule has 2 amide bonds. The number of anilines is 1. The summed E-state index contributed by atoms with van der Waals surface area (Å²) in [6.45, 7) is 2.56. The monoisotopic (exact) mass is 405 g/mol. The molecule has 0 unspecified atom stereocenters. The van der Waals surface area contributed by atoms with Gasteiger partial charge >= 0.3 is 12.0 Å². The average Bonchev–Trinajstić information content (AvgIpc) is 3.51. The van der Waals surface area contributed by atoms with Gasteiger partial charge in [0.15, 0.2) is 5.69 Å². The average molecular weight is 405 g/mol. The molecule has 7 nitrogen and oxygen atoms in total. The van der Waals surface area contributed by atoms with Crippen molar-refractivity contribution >= 4 is 17.7 Å². The van der Waals surface area contributed by atoms with E-state index in [1.807, 2.05) is 37.3 Å². The lowest BCUT2D eigenvalue weighted by molar-refractivity contribution is 0.0727. The Bertz CT molecular complexity index is 1040. The molecular formula is C23H23N3O4. The summed E-state index contributed by atoms with van der Waals surface area (Å²) in [5.41, 5.74) is 1.54. The van der Waals surface area contributed by atoms with Crippen LogP contribution in [0.5, 0.6) is 5.75 Å². The lowest BCUT2D eigenvalue weighted by Crippen LogP contribution is -2.29. The number of nitrogens with zero attached hydrogens (tertiary/aromatic N) is 1. The molecule has 1 saturated carbocycles. The SMILES string of the molecule is CCCNC(=O)Nc1cccc(OC(=O)c2nc(-c3ccccc3)oc2C2CC2)c1. The van der Waals surface area contributed by atoms with Crippen molar-refractivity contribution < 1.29 is 18.7 Å². The fraction of sp³-hybridized carbons (Fsp3) is 0.261. The largest absolute Gasteiger partial charge is 0.440 e. The van der Waals surface area contributed by atoms with Gasteiger partial charge in [-0.2, -0.15) is 0 Å². The van der Waals surface area contributed by atoms with Gasteiger partial charge < -0.3 is 19.8 Å². The number of aromatic nitrogens is 1. The Kier molecular flexibility index (Phi) is 5.79. The Labute approximate surface area is 174 Å². The molecule has 1 aromatic heterocycles. The van der Waals surface area contributed by atoms with Crippen molar-refractivity contribution in [3.63, 3.8) is 0 Å². The molecule has 1 heterocycles. The number of nitrogens with one attached hydrogen (secondary N) is 2. The first-order valence-corrected chi connectivity index (χ1v) is 10.1. The third kappa shape index (κ3) is 4.68. The highest BCUT2D eigenvalue weighted by molar-refractivity contribution is 5.92. The van der Waals surface area contributed by atoms with Gasteiger partial charge in [-0.1, -0.05) is 31.2 Å². The molecule has 1 aliphatic rings. The van der Waals surface area contributed by atoms with Crippen LogP contribution in [0, 0.1) is 0 Å². The molecule has 0 spiro atoms. The number of benzene rings is 2. The van der Waals surface area contributed by atoms with E-state index in [9.17, 15) is 9.59 Å². The smallest absolute Gasteiger partial charge is 0.366 e. The Hall–Kier alpha value is -3.61. The number of carbonyl (C=O) groups is 2. The van der Waals surface area contributed by atoms with Crippen molar-refractivity contribution in [3.8, 4) is 17.2 Å². The number of amides is 2. The normalized spacial score (nSPS) is 13.0. The van der Waals surface area contributed by atoms with E-state index in [1.54, 1.807) is 24.3 Å². The van der Waals surface area contributed by atoms with Gasteiger partial charge in [0.05, 0.1) is 0 Å². The molecule has 1 fully saturated rings. The van der Waals surface area contributed by atoms with Gasteiger partial charge in [-0.15, -0.1) is 0 Å².